The van der Waals surface area contributed by atoms with Crippen molar-refractivity contribution in [1.29, 1.82) is 0 Å². The zero-order valence-corrected chi connectivity index (χ0v) is 31.5. The fourth-order valence-electron chi connectivity index (χ4n) is 7.82. The molecular formula is C40H84. The van der Waals surface area contributed by atoms with Crippen molar-refractivity contribution >= 4 is 0 Å². The van der Waals surface area contributed by atoms with Gasteiger partial charge in [0, 0.05) is 0 Å². The van der Waals surface area contributed by atoms with Gasteiger partial charge >= 0.3 is 0 Å². The Kier molecular flexibility index (Phi) is 30.4. The molecule has 0 nitrogen and oxygen atoms in total. The Hall–Kier alpha value is -0.260. The topological polar surface area (TPSA) is 0 Å². The van der Waals surface area contributed by atoms with Crippen LogP contribution in [0.15, 0.2) is 12.2 Å². The lowest BCUT2D eigenvalue weighted by molar-refractivity contribution is 0.0836. The van der Waals surface area contributed by atoms with Gasteiger partial charge in [0.2, 0.25) is 0 Å². The van der Waals surface area contributed by atoms with Crippen molar-refractivity contribution in [2.45, 2.75) is 194 Å². The highest BCUT2D eigenvalue weighted by molar-refractivity contribution is 5.02. The Labute approximate surface area is 258 Å². The van der Waals surface area contributed by atoms with E-state index in [9.17, 15) is 0 Å². The van der Waals surface area contributed by atoms with Crippen LogP contribution in [0.2, 0.25) is 0 Å². The van der Waals surface area contributed by atoms with Crippen molar-refractivity contribution in [2.75, 3.05) is 0 Å². The predicted octanol–water partition coefficient (Wildman–Crippen LogP) is 14.8. The van der Waals surface area contributed by atoms with Gasteiger partial charge in [0.25, 0.3) is 0 Å². The molecule has 0 aromatic heterocycles. The minimum atomic E-state index is 0.736. The Balaban J connectivity index is -0.000000478. The smallest absolute Gasteiger partial charge is 0.0202 e. The molecule has 2 fully saturated rings. The maximum Gasteiger partial charge on any atom is -0.0202 e. The lowest BCUT2D eigenvalue weighted by Crippen LogP contribution is -2.31. The second kappa shape index (κ2) is 27.6. The number of hydrogen-bond donors (Lipinski definition) is 0. The van der Waals surface area contributed by atoms with Crippen molar-refractivity contribution in [3.63, 3.8) is 0 Å². The van der Waals surface area contributed by atoms with Crippen LogP contribution in [0.25, 0.3) is 0 Å². The van der Waals surface area contributed by atoms with Crippen molar-refractivity contribution in [2.24, 2.45) is 52.8 Å². The summed E-state index contributed by atoms with van der Waals surface area (Å²) in [6.45, 7) is 35.7. The second-order valence-electron chi connectivity index (χ2n) is 13.6. The van der Waals surface area contributed by atoms with Crippen LogP contribution in [-0.2, 0) is 0 Å². The third kappa shape index (κ3) is 18.3. The van der Waals surface area contributed by atoms with Gasteiger partial charge in [-0.25, -0.2) is 0 Å². The first-order chi connectivity index (χ1) is 19.1. The van der Waals surface area contributed by atoms with Crippen LogP contribution in [-0.4, -0.2) is 0 Å². The Bertz CT molecular complexity index is 522. The molecule has 3 aliphatic carbocycles. The SMILES string of the molecule is CC.CC.CC.CC(C)CC(C)C1CCCCC1C.CCC1(C)CC(C)C1.CCCC(CC)C1CC=CC1CC. The van der Waals surface area contributed by atoms with Crippen LogP contribution in [0.1, 0.15) is 194 Å². The molecule has 0 N–H and O–H groups in total. The van der Waals surface area contributed by atoms with Crippen molar-refractivity contribution in [3.8, 4) is 0 Å². The van der Waals surface area contributed by atoms with E-state index in [0.717, 1.165) is 52.8 Å². The molecule has 0 radical (unpaired) electrons. The third-order valence-electron chi connectivity index (χ3n) is 9.89. The van der Waals surface area contributed by atoms with Crippen LogP contribution in [0.4, 0.5) is 0 Å². The quantitative estimate of drug-likeness (QED) is 0.244. The highest BCUT2D eigenvalue weighted by Gasteiger charge is 2.35. The van der Waals surface area contributed by atoms with E-state index >= 15 is 0 Å². The fourth-order valence-corrected chi connectivity index (χ4v) is 7.82. The summed E-state index contributed by atoms with van der Waals surface area (Å²) in [7, 11) is 0. The van der Waals surface area contributed by atoms with E-state index in [1.54, 1.807) is 0 Å². The molecule has 40 heavy (non-hydrogen) atoms. The molecule has 0 saturated heterocycles. The van der Waals surface area contributed by atoms with Gasteiger partial charge in [-0.3, -0.25) is 0 Å². The largest absolute Gasteiger partial charge is 0.0879 e. The number of allylic oxidation sites excluding steroid dienone is 2. The van der Waals surface area contributed by atoms with Crippen molar-refractivity contribution < 1.29 is 0 Å². The summed E-state index contributed by atoms with van der Waals surface area (Å²) < 4.78 is 0. The molecule has 0 aromatic carbocycles. The molecule has 6 atom stereocenters. The molecule has 0 heteroatoms. The average molecular weight is 565 g/mol. The highest BCUT2D eigenvalue weighted by atomic mass is 14.4. The van der Waals surface area contributed by atoms with E-state index in [-0.39, 0.29) is 0 Å². The highest BCUT2D eigenvalue weighted by Crippen LogP contribution is 2.47. The monoisotopic (exact) mass is 565 g/mol. The summed E-state index contributed by atoms with van der Waals surface area (Å²) in [5.41, 5.74) is 0.736. The van der Waals surface area contributed by atoms with Gasteiger partial charge in [-0.05, 0) is 91.3 Å². The molecule has 0 bridgehead atoms. The molecule has 0 aromatic rings. The second-order valence-corrected chi connectivity index (χ2v) is 13.6. The first-order valence-corrected chi connectivity index (χ1v) is 18.8. The first kappa shape index (κ1) is 44.2. The van der Waals surface area contributed by atoms with Gasteiger partial charge < -0.3 is 0 Å². The molecule has 0 amide bonds. The summed E-state index contributed by atoms with van der Waals surface area (Å²) in [5, 5.41) is 0. The lowest BCUT2D eigenvalue weighted by Gasteiger charge is -2.43. The molecule has 3 rings (SSSR count). The van der Waals surface area contributed by atoms with Gasteiger partial charge in [0.05, 0.1) is 0 Å². The zero-order chi connectivity index (χ0) is 31.7. The summed E-state index contributed by atoms with van der Waals surface area (Å²) >= 11 is 0. The summed E-state index contributed by atoms with van der Waals surface area (Å²) in [6, 6.07) is 0. The third-order valence-corrected chi connectivity index (χ3v) is 9.89. The number of rotatable bonds is 9. The van der Waals surface area contributed by atoms with Gasteiger partial charge in [-0.15, -0.1) is 0 Å². The molecule has 244 valence electrons. The normalized spacial score (nSPS) is 29.7. The molecule has 3 aliphatic rings. The maximum atomic E-state index is 2.46. The average Bonchev–Trinajstić information content (AvgIpc) is 3.43. The standard InChI is InChI=1S/C13H26.C13H24.C8H16.3C2H6/c1-10(2)9-12(4)13-8-6-5-7-11(13)3;1-4-8-11(5-2)13-10-7-9-12(13)6-3;1-4-8(3)5-7(2)6-8;3*1-2/h10-13H,5-9H2,1-4H3;7,9,11-13H,4-6,8,10H2,1-3H3;7H,4-6H2,1-3H3;3*1-2H3. The van der Waals surface area contributed by atoms with Gasteiger partial charge in [-0.1, -0.05) is 168 Å². The first-order valence-electron chi connectivity index (χ1n) is 18.8. The van der Waals surface area contributed by atoms with E-state index in [0.29, 0.717) is 0 Å². The van der Waals surface area contributed by atoms with Crippen LogP contribution in [0.5, 0.6) is 0 Å². The summed E-state index contributed by atoms with van der Waals surface area (Å²) in [4.78, 5) is 0. The van der Waals surface area contributed by atoms with Crippen LogP contribution in [0, 0.1) is 52.8 Å². The molecule has 2 saturated carbocycles. The Morgan fingerprint density at radius 3 is 1.73 bits per heavy atom. The van der Waals surface area contributed by atoms with E-state index in [1.165, 1.54) is 83.5 Å². The summed E-state index contributed by atoms with van der Waals surface area (Å²) in [6.07, 6.45) is 23.3. The molecular weight excluding hydrogens is 480 g/mol. The molecule has 6 unspecified atom stereocenters. The van der Waals surface area contributed by atoms with Crippen LogP contribution in [0.3, 0.4) is 0 Å². The van der Waals surface area contributed by atoms with E-state index in [2.05, 4.69) is 81.4 Å². The molecule has 0 aliphatic heterocycles. The predicted molar refractivity (Wildman–Crippen MR) is 190 cm³/mol. The van der Waals surface area contributed by atoms with E-state index in [4.69, 9.17) is 0 Å². The van der Waals surface area contributed by atoms with E-state index < -0.39 is 0 Å². The fraction of sp³-hybridized carbons (Fsp3) is 0.950. The minimum Gasteiger partial charge on any atom is -0.0879 e. The zero-order valence-electron chi connectivity index (χ0n) is 31.5. The van der Waals surface area contributed by atoms with Gasteiger partial charge in [0.1, 0.15) is 0 Å². The Morgan fingerprint density at radius 1 is 0.800 bits per heavy atom. The summed E-state index contributed by atoms with van der Waals surface area (Å²) in [5.74, 6) is 7.69. The maximum absolute atomic E-state index is 2.46. The van der Waals surface area contributed by atoms with Crippen LogP contribution >= 0.6 is 0 Å². The molecule has 0 spiro atoms. The lowest BCUT2D eigenvalue weighted by atomic mass is 9.63. The Morgan fingerprint density at radius 2 is 1.35 bits per heavy atom. The van der Waals surface area contributed by atoms with Gasteiger partial charge in [-0.2, -0.15) is 0 Å². The van der Waals surface area contributed by atoms with Crippen molar-refractivity contribution in [1.82, 2.24) is 0 Å². The van der Waals surface area contributed by atoms with Gasteiger partial charge in [0.15, 0.2) is 0 Å². The number of hydrogen-bond acceptors (Lipinski definition) is 0. The van der Waals surface area contributed by atoms with E-state index in [1.807, 2.05) is 41.5 Å². The van der Waals surface area contributed by atoms with Crippen molar-refractivity contribution in [3.05, 3.63) is 12.2 Å². The minimum absolute atomic E-state index is 0.736. The van der Waals surface area contributed by atoms with Crippen LogP contribution < -0.4 is 0 Å². The molecule has 0 heterocycles.